The standard InChI is InChI=1S/C14H21BrN2O4S/c1-10-7-12(5-6-13(10)15)17(22(4,19)20)8-14(18)16-11(2)9-21-3/h5-7,11H,8-9H2,1-4H3,(H,16,18)/t11-/m0/s1. The molecule has 0 saturated carbocycles. The predicted octanol–water partition coefficient (Wildman–Crippen LogP) is 1.67. The third-order valence-corrected chi connectivity index (χ3v) is 4.97. The predicted molar refractivity (Wildman–Crippen MR) is 90.5 cm³/mol. The second-order valence-corrected chi connectivity index (χ2v) is 7.89. The average Bonchev–Trinajstić information content (AvgIpc) is 2.38. The Hall–Kier alpha value is -1.12. The number of carbonyl (C=O) groups is 1. The van der Waals surface area contributed by atoms with Crippen molar-refractivity contribution >= 4 is 37.5 Å². The van der Waals surface area contributed by atoms with Crippen LogP contribution in [-0.2, 0) is 19.6 Å². The van der Waals surface area contributed by atoms with Crippen LogP contribution in [0.25, 0.3) is 0 Å². The van der Waals surface area contributed by atoms with Gasteiger partial charge in [0.25, 0.3) is 0 Å². The average molecular weight is 393 g/mol. The van der Waals surface area contributed by atoms with Crippen LogP contribution in [0.15, 0.2) is 22.7 Å². The molecule has 0 aromatic heterocycles. The van der Waals surface area contributed by atoms with Gasteiger partial charge in [0, 0.05) is 17.6 Å². The van der Waals surface area contributed by atoms with Gasteiger partial charge in [-0.15, -0.1) is 0 Å². The Balaban J connectivity index is 2.95. The number of halogens is 1. The maximum atomic E-state index is 12.0. The van der Waals surface area contributed by atoms with E-state index in [-0.39, 0.29) is 18.5 Å². The SMILES string of the molecule is COC[C@H](C)NC(=O)CN(c1ccc(Br)c(C)c1)S(C)(=O)=O. The summed E-state index contributed by atoms with van der Waals surface area (Å²) in [6, 6.07) is 4.94. The molecule has 0 saturated heterocycles. The Morgan fingerprint density at radius 1 is 1.45 bits per heavy atom. The molecule has 0 heterocycles. The number of methoxy groups -OCH3 is 1. The Morgan fingerprint density at radius 2 is 2.09 bits per heavy atom. The van der Waals surface area contributed by atoms with E-state index in [4.69, 9.17) is 4.74 Å². The van der Waals surface area contributed by atoms with Crippen molar-refractivity contribution < 1.29 is 17.9 Å². The number of aryl methyl sites for hydroxylation is 1. The number of amides is 1. The Kier molecular flexibility index (Phi) is 6.83. The molecule has 0 fully saturated rings. The minimum atomic E-state index is -3.56. The minimum absolute atomic E-state index is 0.189. The molecule has 0 aliphatic rings. The highest BCUT2D eigenvalue weighted by Crippen LogP contribution is 2.24. The topological polar surface area (TPSA) is 75.7 Å². The van der Waals surface area contributed by atoms with Crippen LogP contribution in [-0.4, -0.2) is 46.9 Å². The van der Waals surface area contributed by atoms with Gasteiger partial charge < -0.3 is 10.1 Å². The number of ether oxygens (including phenoxy) is 1. The van der Waals surface area contributed by atoms with Gasteiger partial charge in [-0.25, -0.2) is 8.42 Å². The van der Waals surface area contributed by atoms with Crippen LogP contribution in [0.4, 0.5) is 5.69 Å². The number of carbonyl (C=O) groups excluding carboxylic acids is 1. The quantitative estimate of drug-likeness (QED) is 0.765. The first-order valence-corrected chi connectivity index (χ1v) is 9.31. The highest BCUT2D eigenvalue weighted by atomic mass is 79.9. The minimum Gasteiger partial charge on any atom is -0.383 e. The second kappa shape index (κ2) is 7.94. The van der Waals surface area contributed by atoms with Gasteiger partial charge in [0.1, 0.15) is 6.54 Å². The maximum Gasteiger partial charge on any atom is 0.241 e. The summed E-state index contributed by atoms with van der Waals surface area (Å²) in [5, 5.41) is 2.70. The van der Waals surface area contributed by atoms with Crippen molar-refractivity contribution in [3.8, 4) is 0 Å². The van der Waals surface area contributed by atoms with E-state index in [0.29, 0.717) is 12.3 Å². The summed E-state index contributed by atoms with van der Waals surface area (Å²) in [5.41, 5.74) is 1.34. The summed E-state index contributed by atoms with van der Waals surface area (Å²) in [6.45, 7) is 3.74. The first kappa shape index (κ1) is 18.9. The molecule has 22 heavy (non-hydrogen) atoms. The molecule has 0 aliphatic heterocycles. The van der Waals surface area contributed by atoms with E-state index in [0.717, 1.165) is 20.6 Å². The van der Waals surface area contributed by atoms with E-state index in [2.05, 4.69) is 21.2 Å². The van der Waals surface area contributed by atoms with E-state index in [1.54, 1.807) is 25.1 Å². The van der Waals surface area contributed by atoms with Gasteiger partial charge in [-0.1, -0.05) is 15.9 Å². The van der Waals surface area contributed by atoms with Crippen LogP contribution in [0.1, 0.15) is 12.5 Å². The lowest BCUT2D eigenvalue weighted by atomic mass is 10.2. The molecule has 0 bridgehead atoms. The number of nitrogens with zero attached hydrogens (tertiary/aromatic N) is 1. The summed E-state index contributed by atoms with van der Waals surface area (Å²) in [7, 11) is -2.03. The molecular weight excluding hydrogens is 372 g/mol. The van der Waals surface area contributed by atoms with Gasteiger partial charge in [-0.3, -0.25) is 9.10 Å². The number of rotatable bonds is 7. The van der Waals surface area contributed by atoms with Crippen LogP contribution >= 0.6 is 15.9 Å². The first-order valence-electron chi connectivity index (χ1n) is 6.67. The lowest BCUT2D eigenvalue weighted by Gasteiger charge is -2.23. The molecule has 0 radical (unpaired) electrons. The summed E-state index contributed by atoms with van der Waals surface area (Å²) >= 11 is 3.37. The van der Waals surface area contributed by atoms with Crippen LogP contribution in [0.5, 0.6) is 0 Å². The smallest absolute Gasteiger partial charge is 0.241 e. The van der Waals surface area contributed by atoms with Gasteiger partial charge in [0.05, 0.1) is 18.6 Å². The Bertz CT molecular complexity index is 634. The lowest BCUT2D eigenvalue weighted by molar-refractivity contribution is -0.120. The zero-order valence-corrected chi connectivity index (χ0v) is 15.5. The molecule has 1 rings (SSSR count). The fourth-order valence-corrected chi connectivity index (χ4v) is 3.02. The number of hydrogen-bond acceptors (Lipinski definition) is 4. The van der Waals surface area contributed by atoms with Crippen molar-refractivity contribution in [3.05, 3.63) is 28.2 Å². The molecule has 1 atom stereocenters. The van der Waals surface area contributed by atoms with E-state index < -0.39 is 10.0 Å². The summed E-state index contributed by atoms with van der Waals surface area (Å²) in [5.74, 6) is -0.379. The number of benzene rings is 1. The molecule has 0 aliphatic carbocycles. The zero-order valence-electron chi connectivity index (χ0n) is 13.1. The van der Waals surface area contributed by atoms with Crippen molar-refractivity contribution in [3.63, 3.8) is 0 Å². The zero-order chi connectivity index (χ0) is 16.9. The van der Waals surface area contributed by atoms with Crippen molar-refractivity contribution in [2.75, 3.05) is 30.8 Å². The molecule has 0 spiro atoms. The largest absolute Gasteiger partial charge is 0.383 e. The summed E-state index contributed by atoms with van der Waals surface area (Å²) < 4.78 is 30.9. The Labute approximate surface area is 140 Å². The lowest BCUT2D eigenvalue weighted by Crippen LogP contribution is -2.44. The van der Waals surface area contributed by atoms with Gasteiger partial charge in [0.15, 0.2) is 0 Å². The van der Waals surface area contributed by atoms with Crippen molar-refractivity contribution in [1.82, 2.24) is 5.32 Å². The van der Waals surface area contributed by atoms with E-state index in [9.17, 15) is 13.2 Å². The molecule has 1 aromatic carbocycles. The normalized spacial score (nSPS) is 12.8. The fourth-order valence-electron chi connectivity index (χ4n) is 1.93. The summed E-state index contributed by atoms with van der Waals surface area (Å²) in [4.78, 5) is 12.0. The van der Waals surface area contributed by atoms with Gasteiger partial charge in [-0.2, -0.15) is 0 Å². The molecule has 1 amide bonds. The molecule has 124 valence electrons. The number of hydrogen-bond donors (Lipinski definition) is 1. The monoisotopic (exact) mass is 392 g/mol. The van der Waals surface area contributed by atoms with E-state index in [1.807, 2.05) is 6.92 Å². The maximum absolute atomic E-state index is 12.0. The number of nitrogens with one attached hydrogen (secondary N) is 1. The molecule has 8 heteroatoms. The van der Waals surface area contributed by atoms with E-state index >= 15 is 0 Å². The molecule has 1 N–H and O–H groups in total. The van der Waals surface area contributed by atoms with Crippen LogP contribution in [0, 0.1) is 6.92 Å². The van der Waals surface area contributed by atoms with Gasteiger partial charge >= 0.3 is 0 Å². The molecule has 0 unspecified atom stereocenters. The third kappa shape index (κ3) is 5.58. The highest BCUT2D eigenvalue weighted by Gasteiger charge is 2.22. The van der Waals surface area contributed by atoms with Crippen LogP contribution < -0.4 is 9.62 Å². The van der Waals surface area contributed by atoms with Gasteiger partial charge in [-0.05, 0) is 37.6 Å². The highest BCUT2D eigenvalue weighted by molar-refractivity contribution is 9.10. The number of anilines is 1. The summed E-state index contributed by atoms with van der Waals surface area (Å²) in [6.07, 6.45) is 1.08. The molecule has 6 nitrogen and oxygen atoms in total. The first-order chi connectivity index (χ1) is 10.1. The van der Waals surface area contributed by atoms with Crippen molar-refractivity contribution in [2.45, 2.75) is 19.9 Å². The van der Waals surface area contributed by atoms with Crippen LogP contribution in [0.3, 0.4) is 0 Å². The van der Waals surface area contributed by atoms with Gasteiger partial charge in [0.2, 0.25) is 15.9 Å². The van der Waals surface area contributed by atoms with E-state index in [1.165, 1.54) is 7.11 Å². The fraction of sp³-hybridized carbons (Fsp3) is 0.500. The number of sulfonamides is 1. The second-order valence-electron chi connectivity index (χ2n) is 5.13. The third-order valence-electron chi connectivity index (χ3n) is 2.94. The van der Waals surface area contributed by atoms with Crippen LogP contribution in [0.2, 0.25) is 0 Å². The Morgan fingerprint density at radius 3 is 2.59 bits per heavy atom. The molecule has 1 aromatic rings. The molecular formula is C14H21BrN2O4S. The van der Waals surface area contributed by atoms with Crippen molar-refractivity contribution in [1.29, 1.82) is 0 Å². The van der Waals surface area contributed by atoms with Crippen molar-refractivity contribution in [2.24, 2.45) is 0 Å².